The lowest BCUT2D eigenvalue weighted by Gasteiger charge is -2.29. The number of morpholine rings is 1. The Labute approximate surface area is 199 Å². The zero-order chi connectivity index (χ0) is 22.9. The highest BCUT2D eigenvalue weighted by molar-refractivity contribution is 7.22. The van der Waals surface area contributed by atoms with Gasteiger partial charge in [-0.1, -0.05) is 41.1 Å². The van der Waals surface area contributed by atoms with Crippen LogP contribution in [0.1, 0.15) is 15.9 Å². The number of thiazole rings is 1. The van der Waals surface area contributed by atoms with Gasteiger partial charge in [-0.15, -0.1) is 0 Å². The molecule has 4 aromatic rings. The van der Waals surface area contributed by atoms with Gasteiger partial charge in [0.15, 0.2) is 5.13 Å². The van der Waals surface area contributed by atoms with Crippen LogP contribution in [-0.2, 0) is 4.74 Å². The highest BCUT2D eigenvalue weighted by Crippen LogP contribution is 2.34. The van der Waals surface area contributed by atoms with Crippen LogP contribution in [0.15, 0.2) is 51.7 Å². The lowest BCUT2D eigenvalue weighted by molar-refractivity contribution is 0.0391. The van der Waals surface area contributed by atoms with E-state index in [2.05, 4.69) is 4.90 Å². The number of hydrogen-bond acceptors (Lipinski definition) is 7. The van der Waals surface area contributed by atoms with Crippen molar-refractivity contribution in [2.24, 2.45) is 0 Å². The first-order valence-corrected chi connectivity index (χ1v) is 11.9. The maximum Gasteiger partial charge on any atom is 0.349 e. The van der Waals surface area contributed by atoms with Crippen molar-refractivity contribution in [3.05, 3.63) is 69.0 Å². The van der Waals surface area contributed by atoms with Crippen LogP contribution in [0.5, 0.6) is 0 Å². The molecular formula is C24H22ClN3O4S. The lowest BCUT2D eigenvalue weighted by atomic mass is 10.1. The molecular weight excluding hydrogens is 462 g/mol. The van der Waals surface area contributed by atoms with Gasteiger partial charge in [0.05, 0.1) is 23.4 Å². The van der Waals surface area contributed by atoms with E-state index < -0.39 is 11.5 Å². The van der Waals surface area contributed by atoms with Crippen molar-refractivity contribution in [3.8, 4) is 0 Å². The van der Waals surface area contributed by atoms with E-state index in [9.17, 15) is 9.59 Å². The van der Waals surface area contributed by atoms with E-state index in [4.69, 9.17) is 25.7 Å². The zero-order valence-electron chi connectivity index (χ0n) is 18.0. The summed E-state index contributed by atoms with van der Waals surface area (Å²) < 4.78 is 11.8. The fourth-order valence-corrected chi connectivity index (χ4v) is 5.11. The summed E-state index contributed by atoms with van der Waals surface area (Å²) in [5.41, 5.74) is 1.41. The monoisotopic (exact) mass is 483 g/mol. The van der Waals surface area contributed by atoms with Gasteiger partial charge in [0.1, 0.15) is 11.1 Å². The molecule has 1 amide bonds. The van der Waals surface area contributed by atoms with Gasteiger partial charge in [-0.2, -0.15) is 0 Å². The van der Waals surface area contributed by atoms with Gasteiger partial charge in [-0.3, -0.25) is 14.6 Å². The number of nitrogens with zero attached hydrogens (tertiary/aromatic N) is 3. The minimum atomic E-state index is -0.657. The van der Waals surface area contributed by atoms with E-state index in [1.54, 1.807) is 23.1 Å². The Morgan fingerprint density at radius 2 is 2.00 bits per heavy atom. The summed E-state index contributed by atoms with van der Waals surface area (Å²) in [5, 5.41) is 1.85. The van der Waals surface area contributed by atoms with E-state index in [1.165, 1.54) is 11.3 Å². The number of fused-ring (bicyclic) bond motifs is 2. The summed E-state index contributed by atoms with van der Waals surface area (Å²) in [7, 11) is 0. The molecule has 0 N–H and O–H groups in total. The fraction of sp³-hybridized carbons (Fsp3) is 0.292. The first-order valence-electron chi connectivity index (χ1n) is 10.7. The summed E-state index contributed by atoms with van der Waals surface area (Å²) in [6, 6.07) is 12.5. The molecule has 2 aromatic heterocycles. The van der Waals surface area contributed by atoms with Crippen LogP contribution in [0.25, 0.3) is 21.2 Å². The molecule has 3 heterocycles. The quantitative estimate of drug-likeness (QED) is 0.393. The SMILES string of the molecule is Cc1c(Cl)ccc2sc(N(CCN3CCOCC3)C(=O)c3cc4ccccc4oc3=O)nc12. The first-order chi connectivity index (χ1) is 16.0. The number of ether oxygens (including phenoxy) is 1. The Morgan fingerprint density at radius 3 is 2.82 bits per heavy atom. The topological polar surface area (TPSA) is 75.9 Å². The summed E-state index contributed by atoms with van der Waals surface area (Å²) in [6.45, 7) is 5.87. The number of amides is 1. The van der Waals surface area contributed by atoms with Crippen molar-refractivity contribution in [2.45, 2.75) is 6.92 Å². The molecule has 2 aromatic carbocycles. The Morgan fingerprint density at radius 1 is 1.21 bits per heavy atom. The van der Waals surface area contributed by atoms with Crippen LogP contribution >= 0.6 is 22.9 Å². The van der Waals surface area contributed by atoms with Crippen LogP contribution in [0.3, 0.4) is 0 Å². The van der Waals surface area contributed by atoms with Gasteiger partial charge in [0.2, 0.25) is 0 Å². The Balaban J connectivity index is 1.54. The zero-order valence-corrected chi connectivity index (χ0v) is 19.6. The van der Waals surface area contributed by atoms with Crippen LogP contribution in [0, 0.1) is 6.92 Å². The van der Waals surface area contributed by atoms with Crippen molar-refractivity contribution < 1.29 is 13.9 Å². The minimum Gasteiger partial charge on any atom is -0.422 e. The number of para-hydroxylation sites is 1. The summed E-state index contributed by atoms with van der Waals surface area (Å²) >= 11 is 7.69. The average Bonchev–Trinajstić information content (AvgIpc) is 3.26. The second-order valence-corrected chi connectivity index (χ2v) is 9.33. The normalized spacial score (nSPS) is 14.7. The van der Waals surface area contributed by atoms with Crippen molar-refractivity contribution in [1.29, 1.82) is 0 Å². The largest absolute Gasteiger partial charge is 0.422 e. The Kier molecular flexibility index (Phi) is 6.16. The molecule has 1 aliphatic rings. The third kappa shape index (κ3) is 4.39. The van der Waals surface area contributed by atoms with Gasteiger partial charge >= 0.3 is 5.63 Å². The molecule has 5 rings (SSSR count). The van der Waals surface area contributed by atoms with Crippen molar-refractivity contribution in [2.75, 3.05) is 44.3 Å². The van der Waals surface area contributed by atoms with Crippen molar-refractivity contribution in [3.63, 3.8) is 0 Å². The smallest absolute Gasteiger partial charge is 0.349 e. The van der Waals surface area contributed by atoms with Gasteiger partial charge in [-0.05, 0) is 36.8 Å². The summed E-state index contributed by atoms with van der Waals surface area (Å²) in [4.78, 5) is 34.9. The number of anilines is 1. The molecule has 0 aliphatic carbocycles. The molecule has 0 atom stereocenters. The lowest BCUT2D eigenvalue weighted by Crippen LogP contribution is -2.44. The molecule has 0 spiro atoms. The van der Waals surface area contributed by atoms with E-state index in [0.717, 1.165) is 28.9 Å². The highest BCUT2D eigenvalue weighted by atomic mass is 35.5. The van der Waals surface area contributed by atoms with E-state index in [0.29, 0.717) is 47.4 Å². The number of aromatic nitrogens is 1. The molecule has 33 heavy (non-hydrogen) atoms. The predicted molar refractivity (Wildman–Crippen MR) is 131 cm³/mol. The average molecular weight is 484 g/mol. The Hall–Kier alpha value is -2.78. The third-order valence-electron chi connectivity index (χ3n) is 5.83. The third-order valence-corrected chi connectivity index (χ3v) is 7.28. The molecule has 0 unspecified atom stereocenters. The standard InChI is InChI=1S/C24H22ClN3O4S/c1-15-18(25)6-7-20-21(15)26-24(33-20)28(9-8-27-10-12-31-13-11-27)22(29)17-14-16-4-2-3-5-19(16)32-23(17)30/h2-7,14H,8-13H2,1H3. The van der Waals surface area contributed by atoms with Crippen LogP contribution in [0.2, 0.25) is 5.02 Å². The maximum atomic E-state index is 13.7. The van der Waals surface area contributed by atoms with Crippen molar-refractivity contribution in [1.82, 2.24) is 9.88 Å². The molecule has 1 aliphatic heterocycles. The second kappa shape index (κ2) is 9.23. The van der Waals surface area contributed by atoms with E-state index in [-0.39, 0.29) is 5.56 Å². The molecule has 170 valence electrons. The van der Waals surface area contributed by atoms with E-state index >= 15 is 0 Å². The first kappa shape index (κ1) is 22.0. The number of carbonyl (C=O) groups is 1. The number of aryl methyl sites for hydroxylation is 1. The number of carbonyl (C=O) groups excluding carboxylic acids is 1. The maximum absolute atomic E-state index is 13.7. The molecule has 0 saturated carbocycles. The van der Waals surface area contributed by atoms with Crippen LogP contribution in [-0.4, -0.2) is 55.2 Å². The second-order valence-electron chi connectivity index (χ2n) is 7.91. The molecule has 7 nitrogen and oxygen atoms in total. The number of halogens is 1. The van der Waals surface area contributed by atoms with E-state index in [1.807, 2.05) is 31.2 Å². The molecule has 0 radical (unpaired) electrons. The van der Waals surface area contributed by atoms with Crippen LogP contribution < -0.4 is 10.5 Å². The minimum absolute atomic E-state index is 0.00955. The van der Waals surface area contributed by atoms with Gasteiger partial charge in [-0.25, -0.2) is 9.78 Å². The van der Waals surface area contributed by atoms with Crippen LogP contribution in [0.4, 0.5) is 5.13 Å². The molecule has 9 heteroatoms. The number of rotatable bonds is 5. The number of hydrogen-bond donors (Lipinski definition) is 0. The van der Waals surface area contributed by atoms with Gasteiger partial charge in [0, 0.05) is 36.6 Å². The predicted octanol–water partition coefficient (Wildman–Crippen LogP) is 4.34. The fourth-order valence-electron chi connectivity index (χ4n) is 3.91. The molecule has 0 bridgehead atoms. The van der Waals surface area contributed by atoms with Gasteiger partial charge in [0.25, 0.3) is 5.91 Å². The molecule has 1 saturated heterocycles. The molecule has 1 fully saturated rings. The van der Waals surface area contributed by atoms with Crippen molar-refractivity contribution >= 4 is 55.2 Å². The summed E-state index contributed by atoms with van der Waals surface area (Å²) in [6.07, 6.45) is 0. The Bertz CT molecular complexity index is 1390. The number of benzene rings is 2. The van der Waals surface area contributed by atoms with Gasteiger partial charge < -0.3 is 9.15 Å². The highest BCUT2D eigenvalue weighted by Gasteiger charge is 2.26. The summed E-state index contributed by atoms with van der Waals surface area (Å²) in [5.74, 6) is -0.425.